The highest BCUT2D eigenvalue weighted by atomic mass is 16.2. The fourth-order valence-corrected chi connectivity index (χ4v) is 1.81. The van der Waals surface area contributed by atoms with E-state index in [0.717, 1.165) is 13.1 Å². The van der Waals surface area contributed by atoms with Crippen LogP contribution in [0, 0.1) is 0 Å². The van der Waals surface area contributed by atoms with Crippen LogP contribution in [0.15, 0.2) is 0 Å². The van der Waals surface area contributed by atoms with Crippen LogP contribution in [0.3, 0.4) is 0 Å². The van der Waals surface area contributed by atoms with Crippen LogP contribution in [0.5, 0.6) is 0 Å². The Kier molecular flexibility index (Phi) is 3.09. The van der Waals surface area contributed by atoms with Gasteiger partial charge in [0, 0.05) is 31.6 Å². The molecule has 1 fully saturated rings. The van der Waals surface area contributed by atoms with E-state index in [1.807, 2.05) is 11.8 Å². The minimum atomic E-state index is 0.275. The number of hydrogen-bond acceptors (Lipinski definition) is 2. The van der Waals surface area contributed by atoms with E-state index in [1.54, 1.807) is 0 Å². The molecule has 0 bridgehead atoms. The second-order valence-corrected chi connectivity index (χ2v) is 3.51. The predicted octanol–water partition coefficient (Wildman–Crippen LogP) is 0.605. The second-order valence-electron chi connectivity index (χ2n) is 3.51. The first kappa shape index (κ1) is 9.52. The van der Waals surface area contributed by atoms with Crippen molar-refractivity contribution in [3.05, 3.63) is 0 Å². The van der Waals surface area contributed by atoms with Crippen LogP contribution >= 0.6 is 0 Å². The van der Waals surface area contributed by atoms with Crippen molar-refractivity contribution in [3.63, 3.8) is 0 Å². The molecule has 1 rings (SSSR count). The number of nitrogens with one attached hydrogen (secondary N) is 1. The van der Waals surface area contributed by atoms with E-state index >= 15 is 0 Å². The highest BCUT2D eigenvalue weighted by molar-refractivity contribution is 5.76. The van der Waals surface area contributed by atoms with Crippen LogP contribution in [-0.4, -0.2) is 36.0 Å². The molecular formula is C9H18N2O. The average Bonchev–Trinajstić information content (AvgIpc) is 2.03. The second kappa shape index (κ2) is 3.90. The molecule has 0 saturated carbocycles. The lowest BCUT2D eigenvalue weighted by Gasteiger charge is -2.39. The van der Waals surface area contributed by atoms with Gasteiger partial charge in [-0.15, -0.1) is 0 Å². The Hall–Kier alpha value is -0.570. The fourth-order valence-electron chi connectivity index (χ4n) is 1.81. The summed E-state index contributed by atoms with van der Waals surface area (Å²) >= 11 is 0. The Bertz CT molecular complexity index is 160. The fraction of sp³-hybridized carbons (Fsp3) is 0.889. The van der Waals surface area contributed by atoms with E-state index in [1.165, 1.54) is 0 Å². The standard InChI is InChI=1S/C9H18N2O/c1-4-9(12)11-7(2)5-10-6-8(11)3/h7-8,10H,4-6H2,1-3H3/t7-,8-/m1/s1. The topological polar surface area (TPSA) is 32.3 Å². The van der Waals surface area contributed by atoms with Crippen LogP contribution in [0.4, 0.5) is 0 Å². The zero-order valence-corrected chi connectivity index (χ0v) is 8.13. The Labute approximate surface area is 74.1 Å². The summed E-state index contributed by atoms with van der Waals surface area (Å²) in [4.78, 5) is 13.5. The van der Waals surface area contributed by atoms with Gasteiger partial charge in [0.15, 0.2) is 0 Å². The summed E-state index contributed by atoms with van der Waals surface area (Å²) in [5.74, 6) is 0.275. The van der Waals surface area contributed by atoms with Gasteiger partial charge in [0.2, 0.25) is 5.91 Å². The third-order valence-electron chi connectivity index (χ3n) is 2.42. The third kappa shape index (κ3) is 1.78. The molecule has 0 radical (unpaired) electrons. The number of amides is 1. The molecule has 2 atom stereocenters. The van der Waals surface area contributed by atoms with Crippen molar-refractivity contribution >= 4 is 5.91 Å². The maximum absolute atomic E-state index is 11.5. The number of nitrogens with zero attached hydrogens (tertiary/aromatic N) is 1. The number of piperazine rings is 1. The first-order chi connectivity index (χ1) is 5.66. The zero-order chi connectivity index (χ0) is 9.14. The van der Waals surface area contributed by atoms with Gasteiger partial charge in [-0.1, -0.05) is 6.92 Å². The van der Waals surface area contributed by atoms with Gasteiger partial charge in [0.05, 0.1) is 0 Å². The molecule has 1 heterocycles. The molecule has 0 spiro atoms. The maximum Gasteiger partial charge on any atom is 0.222 e. The van der Waals surface area contributed by atoms with Crippen molar-refractivity contribution in [2.45, 2.75) is 39.3 Å². The zero-order valence-electron chi connectivity index (χ0n) is 8.13. The van der Waals surface area contributed by atoms with Crippen molar-refractivity contribution in [1.29, 1.82) is 0 Å². The lowest BCUT2D eigenvalue weighted by Crippen LogP contribution is -2.57. The molecule has 1 saturated heterocycles. The molecule has 1 N–H and O–H groups in total. The van der Waals surface area contributed by atoms with Crippen LogP contribution < -0.4 is 5.32 Å². The van der Waals surface area contributed by atoms with Gasteiger partial charge in [0.1, 0.15) is 0 Å². The molecule has 0 aromatic rings. The SMILES string of the molecule is CCC(=O)N1[C@H](C)CNC[C@H]1C. The summed E-state index contributed by atoms with van der Waals surface area (Å²) in [5.41, 5.74) is 0. The van der Waals surface area contributed by atoms with Gasteiger partial charge in [-0.3, -0.25) is 4.79 Å². The van der Waals surface area contributed by atoms with Gasteiger partial charge < -0.3 is 10.2 Å². The quantitative estimate of drug-likeness (QED) is 0.625. The Morgan fingerprint density at radius 3 is 2.33 bits per heavy atom. The van der Waals surface area contributed by atoms with Gasteiger partial charge in [0.25, 0.3) is 0 Å². The molecule has 3 nitrogen and oxygen atoms in total. The Morgan fingerprint density at radius 1 is 1.42 bits per heavy atom. The lowest BCUT2D eigenvalue weighted by molar-refractivity contribution is -0.136. The van der Waals surface area contributed by atoms with E-state index in [4.69, 9.17) is 0 Å². The molecule has 3 heteroatoms. The smallest absolute Gasteiger partial charge is 0.222 e. The number of hydrogen-bond donors (Lipinski definition) is 1. The molecule has 1 aliphatic rings. The molecule has 0 unspecified atom stereocenters. The summed E-state index contributed by atoms with van der Waals surface area (Å²) in [6.45, 7) is 7.96. The van der Waals surface area contributed by atoms with Gasteiger partial charge >= 0.3 is 0 Å². The minimum absolute atomic E-state index is 0.275. The van der Waals surface area contributed by atoms with E-state index < -0.39 is 0 Å². The normalized spacial score (nSPS) is 30.4. The number of carbonyl (C=O) groups is 1. The minimum Gasteiger partial charge on any atom is -0.335 e. The number of carbonyl (C=O) groups excluding carboxylic acids is 1. The third-order valence-corrected chi connectivity index (χ3v) is 2.42. The van der Waals surface area contributed by atoms with Crippen LogP contribution in [0.2, 0.25) is 0 Å². The summed E-state index contributed by atoms with van der Waals surface area (Å²) in [6.07, 6.45) is 0.620. The summed E-state index contributed by atoms with van der Waals surface area (Å²) in [6, 6.07) is 0.697. The molecule has 0 aromatic carbocycles. The first-order valence-electron chi connectivity index (χ1n) is 4.68. The Balaban J connectivity index is 2.62. The van der Waals surface area contributed by atoms with Crippen molar-refractivity contribution in [3.8, 4) is 0 Å². The van der Waals surface area contributed by atoms with Crippen LogP contribution in [-0.2, 0) is 4.79 Å². The van der Waals surface area contributed by atoms with Crippen molar-refractivity contribution in [2.75, 3.05) is 13.1 Å². The van der Waals surface area contributed by atoms with E-state index in [9.17, 15) is 4.79 Å². The highest BCUT2D eigenvalue weighted by Gasteiger charge is 2.27. The molecule has 1 aliphatic heterocycles. The van der Waals surface area contributed by atoms with E-state index in [-0.39, 0.29) is 5.91 Å². The van der Waals surface area contributed by atoms with Gasteiger partial charge in [-0.25, -0.2) is 0 Å². The van der Waals surface area contributed by atoms with Crippen LogP contribution in [0.25, 0.3) is 0 Å². The molecule has 12 heavy (non-hydrogen) atoms. The van der Waals surface area contributed by atoms with Gasteiger partial charge in [-0.2, -0.15) is 0 Å². The molecule has 1 amide bonds. The highest BCUT2D eigenvalue weighted by Crippen LogP contribution is 2.10. The first-order valence-corrected chi connectivity index (χ1v) is 4.68. The summed E-state index contributed by atoms with van der Waals surface area (Å²) < 4.78 is 0. The van der Waals surface area contributed by atoms with Crippen molar-refractivity contribution in [2.24, 2.45) is 0 Å². The largest absolute Gasteiger partial charge is 0.335 e. The van der Waals surface area contributed by atoms with Gasteiger partial charge in [-0.05, 0) is 13.8 Å². The molecule has 0 aliphatic carbocycles. The number of rotatable bonds is 1. The predicted molar refractivity (Wildman–Crippen MR) is 48.9 cm³/mol. The summed E-state index contributed by atoms with van der Waals surface area (Å²) in [7, 11) is 0. The summed E-state index contributed by atoms with van der Waals surface area (Å²) in [5, 5.41) is 3.30. The Morgan fingerprint density at radius 2 is 1.92 bits per heavy atom. The molecular weight excluding hydrogens is 152 g/mol. The lowest BCUT2D eigenvalue weighted by atomic mass is 10.1. The van der Waals surface area contributed by atoms with Crippen molar-refractivity contribution in [1.82, 2.24) is 10.2 Å². The average molecular weight is 170 g/mol. The maximum atomic E-state index is 11.5. The molecule has 70 valence electrons. The molecule has 0 aromatic heterocycles. The monoisotopic (exact) mass is 170 g/mol. The van der Waals surface area contributed by atoms with E-state index in [2.05, 4.69) is 19.2 Å². The van der Waals surface area contributed by atoms with E-state index in [0.29, 0.717) is 18.5 Å². The van der Waals surface area contributed by atoms with Crippen molar-refractivity contribution < 1.29 is 4.79 Å². The van der Waals surface area contributed by atoms with Crippen LogP contribution in [0.1, 0.15) is 27.2 Å².